The normalized spacial score (nSPS) is 14.9. The molecule has 0 bridgehead atoms. The molecule has 0 unspecified atom stereocenters. The van der Waals surface area contributed by atoms with Crippen LogP contribution in [0.5, 0.6) is 0 Å². The fourth-order valence-corrected chi connectivity index (χ4v) is 4.43. The summed E-state index contributed by atoms with van der Waals surface area (Å²) >= 11 is 6.28. The van der Waals surface area contributed by atoms with E-state index in [1.807, 2.05) is 43.3 Å². The van der Waals surface area contributed by atoms with Gasteiger partial charge in [-0.2, -0.15) is 0 Å². The number of aliphatic carboxylic acids is 1. The number of aryl methyl sites for hydroxylation is 1. The first-order chi connectivity index (χ1) is 16.3. The third-order valence-corrected chi connectivity index (χ3v) is 6.42. The molecule has 4 rings (SSSR count). The molecule has 1 aliphatic heterocycles. The zero-order valence-electron chi connectivity index (χ0n) is 18.8. The minimum atomic E-state index is -1.13. The molecule has 1 N–H and O–H groups in total. The van der Waals surface area contributed by atoms with Crippen LogP contribution in [0.3, 0.4) is 0 Å². The van der Waals surface area contributed by atoms with Crippen LogP contribution in [0.15, 0.2) is 72.8 Å². The first kappa shape index (κ1) is 23.5. The van der Waals surface area contributed by atoms with Crippen LogP contribution in [-0.4, -0.2) is 45.3 Å². The van der Waals surface area contributed by atoms with Crippen molar-refractivity contribution in [2.75, 3.05) is 6.54 Å². The summed E-state index contributed by atoms with van der Waals surface area (Å²) in [6.07, 6.45) is 0.311. The van der Waals surface area contributed by atoms with Crippen LogP contribution in [0.1, 0.15) is 32.6 Å². The van der Waals surface area contributed by atoms with Gasteiger partial charge in [0.25, 0.3) is 5.91 Å². The van der Waals surface area contributed by atoms with Crippen LogP contribution in [0.2, 0.25) is 5.02 Å². The highest BCUT2D eigenvalue weighted by atomic mass is 35.5. The quantitative estimate of drug-likeness (QED) is 0.574. The summed E-state index contributed by atoms with van der Waals surface area (Å²) in [6, 6.07) is 21.1. The summed E-state index contributed by atoms with van der Waals surface area (Å²) in [5.74, 6) is -1.81. The van der Waals surface area contributed by atoms with Gasteiger partial charge >= 0.3 is 5.97 Å². The third-order valence-electron chi connectivity index (χ3n) is 6.05. The number of halogens is 1. The van der Waals surface area contributed by atoms with Crippen molar-refractivity contribution in [1.82, 2.24) is 9.80 Å². The van der Waals surface area contributed by atoms with E-state index in [2.05, 4.69) is 0 Å². The minimum Gasteiger partial charge on any atom is -0.480 e. The van der Waals surface area contributed by atoms with Crippen LogP contribution in [0, 0.1) is 6.92 Å². The Balaban J connectivity index is 1.69. The van der Waals surface area contributed by atoms with Crippen LogP contribution in [0.4, 0.5) is 0 Å². The van der Waals surface area contributed by atoms with Crippen molar-refractivity contribution >= 4 is 29.4 Å². The summed E-state index contributed by atoms with van der Waals surface area (Å²) in [5.41, 5.74) is 4.11. The van der Waals surface area contributed by atoms with E-state index in [4.69, 9.17) is 11.6 Å². The smallest absolute Gasteiger partial charge is 0.323 e. The lowest BCUT2D eigenvalue weighted by molar-refractivity contribution is -0.147. The molecule has 6 nitrogen and oxygen atoms in total. The molecule has 1 aliphatic rings. The number of carbonyl (C=O) groups is 3. The first-order valence-electron chi connectivity index (χ1n) is 11.0. The first-order valence-corrected chi connectivity index (χ1v) is 11.4. The molecule has 0 aromatic heterocycles. The monoisotopic (exact) mass is 476 g/mol. The molecule has 1 atom stereocenters. The van der Waals surface area contributed by atoms with Crippen molar-refractivity contribution in [3.63, 3.8) is 0 Å². The predicted octanol–water partition coefficient (Wildman–Crippen LogP) is 4.33. The molecule has 7 heteroatoms. The van der Waals surface area contributed by atoms with Gasteiger partial charge in [0.2, 0.25) is 5.91 Å². The van der Waals surface area contributed by atoms with Crippen LogP contribution in [0.25, 0.3) is 0 Å². The van der Waals surface area contributed by atoms with Gasteiger partial charge < -0.3 is 14.9 Å². The van der Waals surface area contributed by atoms with Gasteiger partial charge in [-0.05, 0) is 41.8 Å². The van der Waals surface area contributed by atoms with Gasteiger partial charge in [-0.25, -0.2) is 0 Å². The Bertz CT molecular complexity index is 1230. The summed E-state index contributed by atoms with van der Waals surface area (Å²) in [4.78, 5) is 41.7. The highest BCUT2D eigenvalue weighted by molar-refractivity contribution is 6.31. The molecule has 3 aromatic rings. The lowest BCUT2D eigenvalue weighted by Gasteiger charge is -2.38. The van der Waals surface area contributed by atoms with Crippen LogP contribution in [-0.2, 0) is 29.1 Å². The van der Waals surface area contributed by atoms with E-state index >= 15 is 0 Å². The van der Waals surface area contributed by atoms with E-state index in [0.29, 0.717) is 22.6 Å². The summed E-state index contributed by atoms with van der Waals surface area (Å²) in [6.45, 7) is 1.76. The topological polar surface area (TPSA) is 77.9 Å². The van der Waals surface area contributed by atoms with Gasteiger partial charge in [0.05, 0.1) is 0 Å². The van der Waals surface area contributed by atoms with Crippen molar-refractivity contribution < 1.29 is 19.5 Å². The fraction of sp³-hybridized carbons (Fsp3) is 0.222. The zero-order valence-corrected chi connectivity index (χ0v) is 19.5. The van der Waals surface area contributed by atoms with Crippen molar-refractivity contribution in [3.8, 4) is 0 Å². The van der Waals surface area contributed by atoms with Gasteiger partial charge in [0.1, 0.15) is 12.6 Å². The summed E-state index contributed by atoms with van der Waals surface area (Å²) in [5, 5.41) is 9.96. The predicted molar refractivity (Wildman–Crippen MR) is 129 cm³/mol. The summed E-state index contributed by atoms with van der Waals surface area (Å²) < 4.78 is 0. The van der Waals surface area contributed by atoms with Crippen molar-refractivity contribution in [2.24, 2.45) is 0 Å². The molecule has 2 amide bonds. The van der Waals surface area contributed by atoms with Gasteiger partial charge in [-0.1, -0.05) is 71.8 Å². The Morgan fingerprint density at radius 2 is 1.62 bits per heavy atom. The van der Waals surface area contributed by atoms with Crippen molar-refractivity contribution in [1.29, 1.82) is 0 Å². The number of benzene rings is 3. The largest absolute Gasteiger partial charge is 0.480 e. The highest BCUT2D eigenvalue weighted by Crippen LogP contribution is 2.27. The van der Waals surface area contributed by atoms with E-state index in [0.717, 1.165) is 16.7 Å². The Morgan fingerprint density at radius 1 is 0.971 bits per heavy atom. The molecule has 0 fully saturated rings. The van der Waals surface area contributed by atoms with Crippen LogP contribution < -0.4 is 0 Å². The molecule has 34 heavy (non-hydrogen) atoms. The molecule has 0 spiro atoms. The number of fused-ring (bicyclic) bond motifs is 1. The molecule has 0 saturated heterocycles. The van der Waals surface area contributed by atoms with E-state index in [1.54, 1.807) is 41.3 Å². The maximum atomic E-state index is 13.8. The van der Waals surface area contributed by atoms with Crippen molar-refractivity contribution in [2.45, 2.75) is 32.5 Å². The Morgan fingerprint density at radius 3 is 2.29 bits per heavy atom. The molecular formula is C27H25ClN2O4. The average Bonchev–Trinajstić information content (AvgIpc) is 2.83. The minimum absolute atomic E-state index is 0.0372. The van der Waals surface area contributed by atoms with Gasteiger partial charge in [0.15, 0.2) is 0 Å². The van der Waals surface area contributed by atoms with Gasteiger partial charge in [-0.3, -0.25) is 14.4 Å². The average molecular weight is 477 g/mol. The molecular weight excluding hydrogens is 452 g/mol. The van der Waals surface area contributed by atoms with E-state index in [-0.39, 0.29) is 19.0 Å². The second kappa shape index (κ2) is 10.1. The van der Waals surface area contributed by atoms with Gasteiger partial charge in [-0.15, -0.1) is 0 Å². The Labute approximate surface area is 203 Å². The van der Waals surface area contributed by atoms with Crippen LogP contribution >= 0.6 is 11.6 Å². The lowest BCUT2D eigenvalue weighted by atomic mass is 9.92. The number of hydrogen-bond acceptors (Lipinski definition) is 3. The van der Waals surface area contributed by atoms with E-state index in [9.17, 15) is 19.5 Å². The second-order valence-corrected chi connectivity index (χ2v) is 8.87. The fourth-order valence-electron chi connectivity index (χ4n) is 4.24. The molecule has 3 aromatic carbocycles. The summed E-state index contributed by atoms with van der Waals surface area (Å²) in [7, 11) is 0. The maximum Gasteiger partial charge on any atom is 0.323 e. The number of rotatable bonds is 6. The second-order valence-electron chi connectivity index (χ2n) is 8.47. The molecule has 0 saturated carbocycles. The lowest BCUT2D eigenvalue weighted by Crippen LogP contribution is -2.54. The molecule has 174 valence electrons. The molecule has 0 radical (unpaired) electrons. The number of carboxylic acid groups (broad SMARTS) is 1. The molecule has 1 heterocycles. The highest BCUT2D eigenvalue weighted by Gasteiger charge is 2.37. The Kier molecular flexibility index (Phi) is 6.98. The van der Waals surface area contributed by atoms with E-state index < -0.39 is 24.5 Å². The Hall–Kier alpha value is -3.64. The number of hydrogen-bond donors (Lipinski definition) is 1. The zero-order chi connectivity index (χ0) is 24.2. The number of nitrogens with zero attached hydrogens (tertiary/aromatic N) is 2. The molecule has 0 aliphatic carbocycles. The number of amides is 2. The number of carboxylic acids is 1. The van der Waals surface area contributed by atoms with Crippen molar-refractivity contribution in [3.05, 3.63) is 106 Å². The standard InChI is InChI=1S/C27H25ClN2O4/c1-18-10-12-19(13-11-18)26(33)30-16-21-7-3-2-6-20(21)14-24(30)27(34)29(17-25(31)32)15-22-8-4-5-9-23(22)28/h2-13,24H,14-17H2,1H3,(H,31,32)/t24-/m1/s1. The number of carbonyl (C=O) groups excluding carboxylic acids is 2. The maximum absolute atomic E-state index is 13.8. The third kappa shape index (κ3) is 5.13. The van der Waals surface area contributed by atoms with E-state index in [1.165, 1.54) is 4.90 Å². The SMILES string of the molecule is Cc1ccc(C(=O)N2Cc3ccccc3C[C@@H]2C(=O)N(CC(=O)O)Cc2ccccc2Cl)cc1. The van der Waals surface area contributed by atoms with Gasteiger partial charge in [0, 0.05) is 30.1 Å².